The van der Waals surface area contributed by atoms with E-state index < -0.39 is 10.8 Å². The van der Waals surface area contributed by atoms with Crippen LogP contribution < -0.4 is 0 Å². The van der Waals surface area contributed by atoms with Crippen molar-refractivity contribution < 1.29 is 4.21 Å². The van der Waals surface area contributed by atoms with E-state index in [0.717, 1.165) is 12.2 Å². The first kappa shape index (κ1) is 14.4. The molecule has 0 saturated heterocycles. The van der Waals surface area contributed by atoms with E-state index in [1.807, 2.05) is 45.3 Å². The predicted molar refractivity (Wildman–Crippen MR) is 74.6 cm³/mol. The summed E-state index contributed by atoms with van der Waals surface area (Å²) in [7, 11) is -0.773. The van der Waals surface area contributed by atoms with Gasteiger partial charge in [-0.3, -0.25) is 9.19 Å². The second-order valence-electron chi connectivity index (χ2n) is 6.03. The van der Waals surface area contributed by atoms with Crippen molar-refractivity contribution in [2.75, 3.05) is 5.75 Å². The Morgan fingerprint density at radius 3 is 2.12 bits per heavy atom. The minimum Gasteiger partial charge on any atom is -0.265 e. The Morgan fingerprint density at radius 2 is 1.65 bits per heavy atom. The molecule has 0 N–H and O–H groups in total. The Balaban J connectivity index is 2.66. The minimum absolute atomic E-state index is 0.0594. The molecular weight excluding hydrogens is 230 g/mol. The summed E-state index contributed by atoms with van der Waals surface area (Å²) in [5.41, 5.74) is 1.32. The van der Waals surface area contributed by atoms with E-state index in [2.05, 4.69) is 18.8 Å². The van der Waals surface area contributed by atoms with E-state index in [9.17, 15) is 4.21 Å². The molecule has 1 unspecified atom stereocenters. The van der Waals surface area contributed by atoms with Crippen molar-refractivity contribution in [3.8, 4) is 0 Å². The van der Waals surface area contributed by atoms with Gasteiger partial charge in [0.2, 0.25) is 0 Å². The first-order valence-corrected chi connectivity index (χ1v) is 7.34. The van der Waals surface area contributed by atoms with E-state index in [4.69, 9.17) is 0 Å². The molecule has 0 saturated carbocycles. The molecule has 0 bridgehead atoms. The molecule has 1 aromatic rings. The molecule has 0 aliphatic heterocycles. The fraction of sp³-hybridized carbons (Fsp3) is 0.643. The van der Waals surface area contributed by atoms with Gasteiger partial charge in [0.25, 0.3) is 0 Å². The molecule has 3 heteroatoms. The number of hydrogen-bond acceptors (Lipinski definition) is 2. The smallest absolute Gasteiger partial charge is 0.0375 e. The lowest BCUT2D eigenvalue weighted by molar-refractivity contribution is 0.504. The van der Waals surface area contributed by atoms with Crippen molar-refractivity contribution in [2.45, 2.75) is 51.2 Å². The van der Waals surface area contributed by atoms with Gasteiger partial charge >= 0.3 is 0 Å². The maximum absolute atomic E-state index is 12.0. The molecule has 0 radical (unpaired) electrons. The topological polar surface area (TPSA) is 30.0 Å². The third kappa shape index (κ3) is 4.23. The lowest BCUT2D eigenvalue weighted by Crippen LogP contribution is -2.28. The van der Waals surface area contributed by atoms with E-state index in [-0.39, 0.29) is 10.2 Å². The highest BCUT2D eigenvalue weighted by Crippen LogP contribution is 2.27. The van der Waals surface area contributed by atoms with Gasteiger partial charge in [0.15, 0.2) is 0 Å². The van der Waals surface area contributed by atoms with Crippen LogP contribution in [-0.4, -0.2) is 19.7 Å². The third-order valence-corrected chi connectivity index (χ3v) is 5.00. The molecular formula is C14H23NOS. The van der Waals surface area contributed by atoms with Crippen molar-refractivity contribution in [2.24, 2.45) is 0 Å². The molecule has 0 aliphatic carbocycles. The molecule has 2 nitrogen and oxygen atoms in total. The van der Waals surface area contributed by atoms with Crippen LogP contribution in [0.5, 0.6) is 0 Å². The molecule has 0 aromatic carbocycles. The Kier molecular flexibility index (Phi) is 4.48. The maximum atomic E-state index is 12.0. The molecule has 1 atom stereocenters. The van der Waals surface area contributed by atoms with Crippen LogP contribution in [-0.2, 0) is 16.2 Å². The molecule has 1 aromatic heterocycles. The lowest BCUT2D eigenvalue weighted by atomic mass is 9.83. The summed E-state index contributed by atoms with van der Waals surface area (Å²) in [6.45, 7) is 10.5. The molecule has 1 rings (SSSR count). The first-order chi connectivity index (χ1) is 7.73. The molecule has 96 valence electrons. The van der Waals surface area contributed by atoms with Crippen LogP contribution in [0.25, 0.3) is 0 Å². The van der Waals surface area contributed by atoms with Gasteiger partial charge in [-0.2, -0.15) is 0 Å². The summed E-state index contributed by atoms with van der Waals surface area (Å²) in [5, 5.41) is 0. The van der Waals surface area contributed by atoms with Crippen LogP contribution in [0.1, 0.15) is 46.6 Å². The summed E-state index contributed by atoms with van der Waals surface area (Å²) in [5.74, 6) is 0.749. The van der Waals surface area contributed by atoms with Crippen LogP contribution in [0.15, 0.2) is 24.5 Å². The highest BCUT2D eigenvalue weighted by molar-refractivity contribution is 7.86. The Morgan fingerprint density at radius 1 is 1.12 bits per heavy atom. The van der Waals surface area contributed by atoms with Crippen LogP contribution in [0.3, 0.4) is 0 Å². The number of hydrogen-bond donors (Lipinski definition) is 0. The predicted octanol–water partition coefficient (Wildman–Crippen LogP) is 3.30. The molecule has 0 aliphatic rings. The third-order valence-electron chi connectivity index (χ3n) is 3.06. The fourth-order valence-electron chi connectivity index (χ4n) is 1.60. The summed E-state index contributed by atoms with van der Waals surface area (Å²) in [4.78, 5) is 4.03. The highest BCUT2D eigenvalue weighted by atomic mass is 32.2. The minimum atomic E-state index is -0.773. The number of nitrogens with zero attached hydrogens (tertiary/aromatic N) is 1. The van der Waals surface area contributed by atoms with Gasteiger partial charge in [0.1, 0.15) is 0 Å². The normalized spacial score (nSPS) is 14.6. The molecule has 0 fully saturated rings. The standard InChI is InChI=1S/C14H23NOS/c1-13(2,3)17(16)11-8-14(4,5)12-6-9-15-10-7-12/h6-7,9-10H,8,11H2,1-5H3. The van der Waals surface area contributed by atoms with Gasteiger partial charge in [-0.1, -0.05) is 13.8 Å². The molecule has 0 amide bonds. The summed E-state index contributed by atoms with van der Waals surface area (Å²) >= 11 is 0. The lowest BCUT2D eigenvalue weighted by Gasteiger charge is -2.27. The van der Waals surface area contributed by atoms with Gasteiger partial charge in [0, 0.05) is 33.7 Å². The van der Waals surface area contributed by atoms with E-state index >= 15 is 0 Å². The molecule has 1 heterocycles. The van der Waals surface area contributed by atoms with E-state index in [0.29, 0.717) is 0 Å². The zero-order valence-electron chi connectivity index (χ0n) is 11.5. The van der Waals surface area contributed by atoms with Gasteiger partial charge in [-0.15, -0.1) is 0 Å². The molecule has 17 heavy (non-hydrogen) atoms. The average molecular weight is 253 g/mol. The number of aromatic nitrogens is 1. The van der Waals surface area contributed by atoms with Crippen LogP contribution >= 0.6 is 0 Å². The number of rotatable bonds is 4. The monoisotopic (exact) mass is 253 g/mol. The van der Waals surface area contributed by atoms with Gasteiger partial charge < -0.3 is 0 Å². The highest BCUT2D eigenvalue weighted by Gasteiger charge is 2.25. The van der Waals surface area contributed by atoms with E-state index in [1.54, 1.807) is 0 Å². The molecule has 0 spiro atoms. The van der Waals surface area contributed by atoms with Crippen molar-refractivity contribution >= 4 is 10.8 Å². The largest absolute Gasteiger partial charge is 0.265 e. The van der Waals surface area contributed by atoms with Crippen LogP contribution in [0.2, 0.25) is 0 Å². The summed E-state index contributed by atoms with van der Waals surface area (Å²) in [6, 6.07) is 4.08. The quantitative estimate of drug-likeness (QED) is 0.824. The second-order valence-corrected chi connectivity index (χ2v) is 8.36. The van der Waals surface area contributed by atoms with Crippen LogP contribution in [0, 0.1) is 0 Å². The fourth-order valence-corrected chi connectivity index (χ4v) is 2.91. The van der Waals surface area contributed by atoms with Crippen LogP contribution in [0.4, 0.5) is 0 Å². The van der Waals surface area contributed by atoms with Crippen molar-refractivity contribution in [3.63, 3.8) is 0 Å². The summed E-state index contributed by atoms with van der Waals surface area (Å²) < 4.78 is 11.9. The second kappa shape index (κ2) is 5.30. The van der Waals surface area contributed by atoms with Gasteiger partial charge in [-0.05, 0) is 50.3 Å². The zero-order chi connectivity index (χ0) is 13.1. The first-order valence-electron chi connectivity index (χ1n) is 6.02. The van der Waals surface area contributed by atoms with Crippen molar-refractivity contribution in [1.29, 1.82) is 0 Å². The summed E-state index contributed by atoms with van der Waals surface area (Å²) in [6.07, 6.45) is 4.57. The Hall–Kier alpha value is -0.700. The van der Waals surface area contributed by atoms with Gasteiger partial charge in [0.05, 0.1) is 0 Å². The number of pyridine rings is 1. The Bertz CT molecular complexity index is 379. The maximum Gasteiger partial charge on any atom is 0.0375 e. The van der Waals surface area contributed by atoms with E-state index in [1.165, 1.54) is 5.56 Å². The average Bonchev–Trinajstić information content (AvgIpc) is 2.26. The SMILES string of the molecule is CC(C)(CCS(=O)C(C)(C)C)c1ccncc1. The zero-order valence-corrected chi connectivity index (χ0v) is 12.3. The van der Waals surface area contributed by atoms with Gasteiger partial charge in [-0.25, -0.2) is 0 Å². The van der Waals surface area contributed by atoms with Crippen molar-refractivity contribution in [1.82, 2.24) is 4.98 Å². The van der Waals surface area contributed by atoms with Crippen molar-refractivity contribution in [3.05, 3.63) is 30.1 Å². The Labute approximate surface area is 107 Å².